The van der Waals surface area contributed by atoms with E-state index in [4.69, 9.17) is 4.42 Å². The Balaban J connectivity index is 1.92. The molecule has 0 aliphatic heterocycles. The highest BCUT2D eigenvalue weighted by molar-refractivity contribution is 7.98. The van der Waals surface area contributed by atoms with Crippen LogP contribution in [0.2, 0.25) is 0 Å². The zero-order valence-corrected chi connectivity index (χ0v) is 13.6. The minimum absolute atomic E-state index is 0.00999. The summed E-state index contributed by atoms with van der Waals surface area (Å²) in [6.07, 6.45) is 3.20. The van der Waals surface area contributed by atoms with Gasteiger partial charge in [0.2, 0.25) is 0 Å². The Morgan fingerprint density at radius 3 is 2.50 bits per heavy atom. The number of carbonyl (C=O) groups is 2. The van der Waals surface area contributed by atoms with Gasteiger partial charge in [0.1, 0.15) is 5.56 Å². The van der Waals surface area contributed by atoms with E-state index in [1.54, 1.807) is 12.1 Å². The minimum atomic E-state index is -0.600. The van der Waals surface area contributed by atoms with E-state index in [1.165, 1.54) is 36.2 Å². The van der Waals surface area contributed by atoms with Crippen molar-refractivity contribution in [1.82, 2.24) is 10.6 Å². The first kappa shape index (κ1) is 17.5. The summed E-state index contributed by atoms with van der Waals surface area (Å²) >= 11 is 1.38. The molecule has 1 aromatic carbocycles. The smallest absolute Gasteiger partial charge is 0.287 e. The Morgan fingerprint density at radius 1 is 1.21 bits per heavy atom. The van der Waals surface area contributed by atoms with Crippen LogP contribution in [0.15, 0.2) is 45.9 Å². The molecule has 0 aliphatic carbocycles. The van der Waals surface area contributed by atoms with Crippen LogP contribution in [-0.2, 0) is 0 Å². The summed E-state index contributed by atoms with van der Waals surface area (Å²) in [6, 6.07) is 7.47. The van der Waals surface area contributed by atoms with Gasteiger partial charge in [-0.1, -0.05) is 0 Å². The third-order valence-electron chi connectivity index (χ3n) is 3.09. The van der Waals surface area contributed by atoms with Crippen molar-refractivity contribution >= 4 is 29.3 Å². The van der Waals surface area contributed by atoms with Crippen LogP contribution in [0.25, 0.3) is 0 Å². The van der Waals surface area contributed by atoms with Gasteiger partial charge in [-0.25, -0.2) is 0 Å². The van der Waals surface area contributed by atoms with Crippen LogP contribution >= 0.6 is 11.8 Å². The number of thioether (sulfide) groups is 1. The summed E-state index contributed by atoms with van der Waals surface area (Å²) in [5.74, 6) is -0.793. The maximum atomic E-state index is 12.2. The zero-order chi connectivity index (χ0) is 17.5. The van der Waals surface area contributed by atoms with Crippen molar-refractivity contribution in [2.24, 2.45) is 0 Å². The molecule has 2 amide bonds. The molecule has 8 nitrogen and oxygen atoms in total. The van der Waals surface area contributed by atoms with Crippen LogP contribution in [0.4, 0.5) is 5.69 Å². The van der Waals surface area contributed by atoms with E-state index in [1.807, 2.05) is 6.26 Å². The fourth-order valence-electron chi connectivity index (χ4n) is 1.93. The second-order valence-corrected chi connectivity index (χ2v) is 5.51. The molecule has 1 aromatic heterocycles. The van der Waals surface area contributed by atoms with Gasteiger partial charge in [-0.2, -0.15) is 0 Å². The van der Waals surface area contributed by atoms with Crippen molar-refractivity contribution in [3.8, 4) is 0 Å². The maximum absolute atomic E-state index is 12.2. The molecule has 0 saturated heterocycles. The lowest BCUT2D eigenvalue weighted by atomic mass is 10.1. The number of nitro benzene ring substituents is 1. The van der Waals surface area contributed by atoms with Gasteiger partial charge in [0.25, 0.3) is 17.5 Å². The normalized spacial score (nSPS) is 10.2. The van der Waals surface area contributed by atoms with Crippen LogP contribution in [0, 0.1) is 10.1 Å². The van der Waals surface area contributed by atoms with Crippen molar-refractivity contribution in [3.05, 3.63) is 58.0 Å². The third kappa shape index (κ3) is 4.35. The molecule has 0 radical (unpaired) electrons. The minimum Gasteiger partial charge on any atom is -0.459 e. The van der Waals surface area contributed by atoms with Crippen LogP contribution in [0.5, 0.6) is 0 Å². The molecule has 0 atom stereocenters. The number of benzene rings is 1. The Labute approximate surface area is 141 Å². The summed E-state index contributed by atoms with van der Waals surface area (Å²) in [7, 11) is 0. The van der Waals surface area contributed by atoms with E-state index < -0.39 is 16.7 Å². The van der Waals surface area contributed by atoms with Crippen LogP contribution < -0.4 is 10.6 Å². The Bertz CT molecular complexity index is 746. The Hall–Kier alpha value is -2.81. The summed E-state index contributed by atoms with van der Waals surface area (Å²) < 4.78 is 4.93. The van der Waals surface area contributed by atoms with Crippen LogP contribution in [-0.4, -0.2) is 36.1 Å². The van der Waals surface area contributed by atoms with Gasteiger partial charge >= 0.3 is 0 Å². The molecular formula is C15H15N3O5S. The lowest BCUT2D eigenvalue weighted by molar-refractivity contribution is -0.385. The molecule has 0 unspecified atom stereocenters. The number of carbonyl (C=O) groups excluding carboxylic acids is 2. The highest BCUT2D eigenvalue weighted by atomic mass is 32.2. The van der Waals surface area contributed by atoms with Gasteiger partial charge in [-0.05, 0) is 30.5 Å². The van der Waals surface area contributed by atoms with E-state index in [9.17, 15) is 19.7 Å². The number of nitrogens with one attached hydrogen (secondary N) is 2. The first-order valence-corrected chi connectivity index (χ1v) is 8.17. The quantitative estimate of drug-likeness (QED) is 0.342. The number of amides is 2. The number of rotatable bonds is 7. The predicted molar refractivity (Wildman–Crippen MR) is 88.3 cm³/mol. The largest absolute Gasteiger partial charge is 0.459 e. The topological polar surface area (TPSA) is 114 Å². The average Bonchev–Trinajstić information content (AvgIpc) is 3.12. The number of hydrogen-bond acceptors (Lipinski definition) is 6. The summed E-state index contributed by atoms with van der Waals surface area (Å²) in [4.78, 5) is 35.0. The van der Waals surface area contributed by atoms with Crippen molar-refractivity contribution in [3.63, 3.8) is 0 Å². The third-order valence-corrected chi connectivity index (χ3v) is 3.81. The van der Waals surface area contributed by atoms with Crippen molar-refractivity contribution < 1.29 is 18.9 Å². The standard InChI is InChI=1S/C15H15N3O5S/c1-24-10-4-5-12(18(21)22)11(9-10)14(19)16-6-7-17-15(20)13-3-2-8-23-13/h2-5,8-9H,6-7H2,1H3,(H,16,19)(H,17,20). The summed E-state index contributed by atoms with van der Waals surface area (Å²) in [5, 5.41) is 16.1. The van der Waals surface area contributed by atoms with Gasteiger partial charge in [-0.15, -0.1) is 11.8 Å². The SMILES string of the molecule is CSc1ccc([N+](=O)[O-])c(C(=O)NCCNC(=O)c2ccco2)c1. The molecule has 0 spiro atoms. The number of hydrogen-bond donors (Lipinski definition) is 2. The van der Waals surface area contributed by atoms with Crippen molar-refractivity contribution in [1.29, 1.82) is 0 Å². The number of nitrogens with zero attached hydrogens (tertiary/aromatic N) is 1. The predicted octanol–water partition coefficient (Wildman–Crippen LogP) is 2.07. The monoisotopic (exact) mass is 349 g/mol. The molecule has 2 N–H and O–H groups in total. The molecule has 0 saturated carbocycles. The molecule has 24 heavy (non-hydrogen) atoms. The van der Waals surface area contributed by atoms with Gasteiger partial charge in [0, 0.05) is 24.1 Å². The molecule has 2 aromatic rings. The first-order valence-electron chi connectivity index (χ1n) is 6.95. The van der Waals surface area contributed by atoms with Gasteiger partial charge in [0.15, 0.2) is 5.76 Å². The molecule has 0 aliphatic rings. The number of furan rings is 1. The summed E-state index contributed by atoms with van der Waals surface area (Å²) in [5.41, 5.74) is -0.269. The van der Waals surface area contributed by atoms with E-state index in [0.717, 1.165) is 4.90 Å². The highest BCUT2D eigenvalue weighted by Crippen LogP contribution is 2.24. The maximum Gasteiger partial charge on any atom is 0.287 e. The zero-order valence-electron chi connectivity index (χ0n) is 12.8. The fraction of sp³-hybridized carbons (Fsp3) is 0.200. The van der Waals surface area contributed by atoms with E-state index in [-0.39, 0.29) is 30.1 Å². The first-order chi connectivity index (χ1) is 11.5. The second kappa shape index (κ2) is 8.16. The number of nitro groups is 1. The van der Waals surface area contributed by atoms with Crippen LogP contribution in [0.1, 0.15) is 20.9 Å². The lowest BCUT2D eigenvalue weighted by Gasteiger charge is -2.08. The molecule has 1 heterocycles. The Kier molecular flexibility index (Phi) is 5.96. The molecular weight excluding hydrogens is 334 g/mol. The van der Waals surface area contributed by atoms with E-state index in [0.29, 0.717) is 0 Å². The fourth-order valence-corrected chi connectivity index (χ4v) is 2.37. The van der Waals surface area contributed by atoms with Crippen molar-refractivity contribution in [2.45, 2.75) is 4.90 Å². The molecule has 126 valence electrons. The van der Waals surface area contributed by atoms with Gasteiger partial charge < -0.3 is 15.1 Å². The molecule has 9 heteroatoms. The lowest BCUT2D eigenvalue weighted by Crippen LogP contribution is -2.34. The Morgan fingerprint density at radius 2 is 1.92 bits per heavy atom. The molecule has 0 bridgehead atoms. The highest BCUT2D eigenvalue weighted by Gasteiger charge is 2.20. The average molecular weight is 349 g/mol. The van der Waals surface area contributed by atoms with Gasteiger partial charge in [-0.3, -0.25) is 19.7 Å². The van der Waals surface area contributed by atoms with E-state index in [2.05, 4.69) is 10.6 Å². The summed E-state index contributed by atoms with van der Waals surface area (Å²) in [6.45, 7) is 0.299. The van der Waals surface area contributed by atoms with Crippen LogP contribution in [0.3, 0.4) is 0 Å². The second-order valence-electron chi connectivity index (χ2n) is 4.63. The molecule has 0 fully saturated rings. The van der Waals surface area contributed by atoms with E-state index >= 15 is 0 Å². The molecule has 2 rings (SSSR count). The van der Waals surface area contributed by atoms with Crippen molar-refractivity contribution in [2.75, 3.05) is 19.3 Å². The van der Waals surface area contributed by atoms with Gasteiger partial charge in [0.05, 0.1) is 11.2 Å².